The fourth-order valence-electron chi connectivity index (χ4n) is 2.18. The molecule has 2 aromatic carbocycles. The molecule has 3 aromatic rings. The first-order valence-corrected chi connectivity index (χ1v) is 7.05. The molecule has 0 amide bonds. The molecule has 4 N–H and O–H groups in total. The highest BCUT2D eigenvalue weighted by Crippen LogP contribution is 2.35. The van der Waals surface area contributed by atoms with Crippen molar-refractivity contribution in [3.63, 3.8) is 0 Å². The number of hydrogen-bond donors (Lipinski definition) is 4. The number of benzene rings is 2. The number of aliphatic imine (C=N–C) groups is 1. The lowest BCUT2D eigenvalue weighted by molar-refractivity contribution is 0.368. The minimum Gasteiger partial charge on any atom is -0.508 e. The fourth-order valence-corrected chi connectivity index (χ4v) is 2.18. The molecule has 124 valence electrons. The third kappa shape index (κ3) is 3.07. The van der Waals surface area contributed by atoms with E-state index < -0.39 is 17.2 Å². The Kier molecular flexibility index (Phi) is 3.97. The molecule has 0 aliphatic heterocycles. The zero-order valence-electron chi connectivity index (χ0n) is 12.7. The second-order valence-corrected chi connectivity index (χ2v) is 5.08. The maximum absolute atomic E-state index is 9.53. The van der Waals surface area contributed by atoms with Crippen molar-refractivity contribution in [1.82, 2.24) is 9.55 Å². The van der Waals surface area contributed by atoms with Gasteiger partial charge in [0.2, 0.25) is 0 Å². The molecule has 25 heavy (non-hydrogen) atoms. The van der Waals surface area contributed by atoms with E-state index in [2.05, 4.69) is 9.98 Å². The molecule has 0 unspecified atom stereocenters. The van der Waals surface area contributed by atoms with Gasteiger partial charge in [-0.3, -0.25) is 4.57 Å². The van der Waals surface area contributed by atoms with Crippen molar-refractivity contribution in [3.8, 4) is 34.8 Å². The summed E-state index contributed by atoms with van der Waals surface area (Å²) in [7, 11) is 0. The number of aromatic hydroxyl groups is 4. The number of aromatic nitrogens is 2. The topological polar surface area (TPSA) is 135 Å². The molecular formula is C17H12N4O4. The van der Waals surface area contributed by atoms with E-state index in [0.29, 0.717) is 11.3 Å². The lowest BCUT2D eigenvalue weighted by atomic mass is 10.2. The van der Waals surface area contributed by atoms with Crippen LogP contribution in [0.4, 0.5) is 5.82 Å². The summed E-state index contributed by atoms with van der Waals surface area (Å²) in [6.45, 7) is 0. The molecule has 8 nitrogen and oxygen atoms in total. The Morgan fingerprint density at radius 3 is 2.28 bits per heavy atom. The SMILES string of the molecule is N#Cc1ncn(-c2ccc(O)cc2)c1N=Cc1cc(O)c(O)c(O)c1. The summed E-state index contributed by atoms with van der Waals surface area (Å²) in [5, 5.41) is 47.0. The smallest absolute Gasteiger partial charge is 0.200 e. The molecule has 0 spiro atoms. The van der Waals surface area contributed by atoms with Gasteiger partial charge in [-0.15, -0.1) is 0 Å². The Morgan fingerprint density at radius 2 is 1.68 bits per heavy atom. The van der Waals surface area contributed by atoms with E-state index in [-0.39, 0.29) is 17.3 Å². The minimum absolute atomic E-state index is 0.0801. The molecule has 0 atom stereocenters. The number of phenolic OH excluding ortho intramolecular Hbond substituents is 4. The number of nitrogens with zero attached hydrogens (tertiary/aromatic N) is 4. The monoisotopic (exact) mass is 336 g/mol. The van der Waals surface area contributed by atoms with Crippen LogP contribution in [0.2, 0.25) is 0 Å². The van der Waals surface area contributed by atoms with Crippen molar-refractivity contribution in [2.24, 2.45) is 4.99 Å². The summed E-state index contributed by atoms with van der Waals surface area (Å²) in [5.41, 5.74) is 1.03. The van der Waals surface area contributed by atoms with Crippen LogP contribution in [0.25, 0.3) is 5.69 Å². The maximum Gasteiger partial charge on any atom is 0.200 e. The number of nitriles is 1. The molecule has 0 aliphatic carbocycles. The van der Waals surface area contributed by atoms with Gasteiger partial charge in [-0.2, -0.15) is 5.26 Å². The summed E-state index contributed by atoms with van der Waals surface area (Å²) >= 11 is 0. The normalized spacial score (nSPS) is 10.8. The zero-order valence-corrected chi connectivity index (χ0v) is 12.7. The summed E-state index contributed by atoms with van der Waals surface area (Å²) < 4.78 is 1.55. The molecule has 0 saturated heterocycles. The molecule has 0 fully saturated rings. The van der Waals surface area contributed by atoms with Gasteiger partial charge in [0.15, 0.2) is 28.8 Å². The molecule has 0 aliphatic rings. The van der Waals surface area contributed by atoms with E-state index in [9.17, 15) is 25.7 Å². The highest BCUT2D eigenvalue weighted by Gasteiger charge is 2.12. The lowest BCUT2D eigenvalue weighted by Crippen LogP contribution is -1.92. The Hall–Kier alpha value is -3.99. The van der Waals surface area contributed by atoms with E-state index in [1.54, 1.807) is 16.7 Å². The van der Waals surface area contributed by atoms with Gasteiger partial charge in [0.05, 0.1) is 0 Å². The minimum atomic E-state index is -0.621. The van der Waals surface area contributed by atoms with Crippen molar-refractivity contribution in [2.45, 2.75) is 0 Å². The van der Waals surface area contributed by atoms with E-state index in [1.807, 2.05) is 6.07 Å². The van der Waals surface area contributed by atoms with Crippen LogP contribution in [-0.4, -0.2) is 36.2 Å². The molecular weight excluding hydrogens is 324 g/mol. The molecule has 0 radical (unpaired) electrons. The molecule has 1 aromatic heterocycles. The van der Waals surface area contributed by atoms with Crippen LogP contribution in [0, 0.1) is 11.3 Å². The summed E-state index contributed by atoms with van der Waals surface area (Å²) in [4.78, 5) is 8.19. The number of imidazole rings is 1. The van der Waals surface area contributed by atoms with Crippen LogP contribution in [0.1, 0.15) is 11.3 Å². The Labute approximate surface area is 141 Å². The quantitative estimate of drug-likeness (QED) is 0.428. The van der Waals surface area contributed by atoms with E-state index in [1.165, 1.54) is 36.8 Å². The second kappa shape index (κ2) is 6.25. The number of phenols is 4. The first-order chi connectivity index (χ1) is 12.0. The van der Waals surface area contributed by atoms with Crippen LogP contribution in [0.3, 0.4) is 0 Å². The standard InChI is InChI=1S/C17H12N4O4/c18-7-13-17(19-8-10-5-14(23)16(25)15(24)6-10)21(9-20-13)11-1-3-12(22)4-2-11/h1-6,8-9,22-25H. The third-order valence-corrected chi connectivity index (χ3v) is 3.40. The highest BCUT2D eigenvalue weighted by molar-refractivity contribution is 5.84. The van der Waals surface area contributed by atoms with Crippen molar-refractivity contribution < 1.29 is 20.4 Å². The summed E-state index contributed by atoms with van der Waals surface area (Å²) in [5.74, 6) is -1.27. The first-order valence-electron chi connectivity index (χ1n) is 7.05. The van der Waals surface area contributed by atoms with E-state index >= 15 is 0 Å². The second-order valence-electron chi connectivity index (χ2n) is 5.08. The van der Waals surface area contributed by atoms with Crippen molar-refractivity contribution >= 4 is 12.0 Å². The largest absolute Gasteiger partial charge is 0.508 e. The highest BCUT2D eigenvalue weighted by atomic mass is 16.3. The number of hydrogen-bond acceptors (Lipinski definition) is 7. The molecule has 1 heterocycles. The summed E-state index contributed by atoms with van der Waals surface area (Å²) in [6.07, 6.45) is 2.73. The van der Waals surface area contributed by atoms with Crippen LogP contribution < -0.4 is 0 Å². The average molecular weight is 336 g/mol. The van der Waals surface area contributed by atoms with Gasteiger partial charge >= 0.3 is 0 Å². The molecule has 8 heteroatoms. The van der Waals surface area contributed by atoms with Crippen molar-refractivity contribution in [2.75, 3.05) is 0 Å². The van der Waals surface area contributed by atoms with Gasteiger partial charge in [0.1, 0.15) is 18.1 Å². The Bertz CT molecular complexity index is 977. The van der Waals surface area contributed by atoms with E-state index in [4.69, 9.17) is 0 Å². The molecule has 0 saturated carbocycles. The van der Waals surface area contributed by atoms with Gasteiger partial charge in [0.25, 0.3) is 0 Å². The first kappa shape index (κ1) is 15.9. The van der Waals surface area contributed by atoms with Crippen molar-refractivity contribution in [1.29, 1.82) is 5.26 Å². The summed E-state index contributed by atoms with van der Waals surface area (Å²) in [6, 6.07) is 10.6. The van der Waals surface area contributed by atoms with Gasteiger partial charge in [-0.05, 0) is 36.4 Å². The average Bonchev–Trinajstić information content (AvgIpc) is 3.01. The van der Waals surface area contributed by atoms with Gasteiger partial charge in [0, 0.05) is 17.5 Å². The lowest BCUT2D eigenvalue weighted by Gasteiger charge is -2.05. The third-order valence-electron chi connectivity index (χ3n) is 3.40. The Balaban J connectivity index is 2.04. The van der Waals surface area contributed by atoms with Crippen LogP contribution in [-0.2, 0) is 0 Å². The maximum atomic E-state index is 9.53. The van der Waals surface area contributed by atoms with Gasteiger partial charge in [-0.1, -0.05) is 0 Å². The van der Waals surface area contributed by atoms with Crippen LogP contribution in [0.15, 0.2) is 47.7 Å². The predicted octanol–water partition coefficient (Wildman–Crippen LogP) is 2.32. The fraction of sp³-hybridized carbons (Fsp3) is 0. The zero-order chi connectivity index (χ0) is 18.0. The van der Waals surface area contributed by atoms with E-state index in [0.717, 1.165) is 0 Å². The number of rotatable bonds is 3. The van der Waals surface area contributed by atoms with Gasteiger partial charge in [-0.25, -0.2) is 9.98 Å². The van der Waals surface area contributed by atoms with Gasteiger partial charge < -0.3 is 20.4 Å². The molecule has 0 bridgehead atoms. The van der Waals surface area contributed by atoms with Crippen LogP contribution >= 0.6 is 0 Å². The van der Waals surface area contributed by atoms with Crippen LogP contribution in [0.5, 0.6) is 23.0 Å². The predicted molar refractivity (Wildman–Crippen MR) is 88.6 cm³/mol. The molecule has 3 rings (SSSR count). The Morgan fingerprint density at radius 1 is 1.04 bits per heavy atom. The van der Waals surface area contributed by atoms with Crippen molar-refractivity contribution in [3.05, 3.63) is 54.0 Å².